The molecule has 218 valence electrons. The van der Waals surface area contributed by atoms with Gasteiger partial charge in [-0.25, -0.2) is 8.78 Å². The number of halogens is 8. The number of hydrogen-bond acceptors (Lipinski definition) is 6. The molecule has 1 fully saturated rings. The fraction of sp³-hybridized carbons (Fsp3) is 0.364. The highest BCUT2D eigenvalue weighted by Gasteiger charge is 2.50. The summed E-state index contributed by atoms with van der Waals surface area (Å²) in [5.41, 5.74) is -2.42. The molecule has 40 heavy (non-hydrogen) atoms. The van der Waals surface area contributed by atoms with Gasteiger partial charge in [-0.2, -0.15) is 22.0 Å². The first-order valence-corrected chi connectivity index (χ1v) is 12.2. The summed E-state index contributed by atoms with van der Waals surface area (Å²) in [6, 6.07) is 2.79. The molecule has 4 amide bonds. The van der Waals surface area contributed by atoms with Crippen LogP contribution in [0.25, 0.3) is 0 Å². The van der Waals surface area contributed by atoms with E-state index >= 15 is 0 Å². The Hall–Kier alpha value is -3.44. The molecule has 0 aliphatic carbocycles. The quantitative estimate of drug-likeness (QED) is 0.372. The Kier molecular flexibility index (Phi) is 9.63. The Balaban J connectivity index is 1.85. The normalized spacial score (nSPS) is 15.1. The monoisotopic (exact) mass is 618 g/mol. The van der Waals surface area contributed by atoms with Gasteiger partial charge in [0.1, 0.15) is 12.6 Å². The Morgan fingerprint density at radius 2 is 1.80 bits per heavy atom. The first-order valence-electron chi connectivity index (χ1n) is 11.0. The number of nitrogens with one attached hydrogen (secondary N) is 3. The fourth-order valence-corrected chi connectivity index (χ4v) is 4.32. The molecule has 18 heteroatoms. The van der Waals surface area contributed by atoms with Crippen molar-refractivity contribution in [1.29, 1.82) is 0 Å². The topological polar surface area (TPSA) is 117 Å². The first-order chi connectivity index (χ1) is 18.6. The summed E-state index contributed by atoms with van der Waals surface area (Å²) in [5, 5.41) is 5.47. The van der Waals surface area contributed by atoms with E-state index in [0.29, 0.717) is 6.07 Å². The van der Waals surface area contributed by atoms with Crippen LogP contribution >= 0.6 is 22.9 Å². The van der Waals surface area contributed by atoms with Crippen molar-refractivity contribution in [3.05, 3.63) is 45.1 Å². The molecular formula is C22H18ClF7N4O5S. The van der Waals surface area contributed by atoms with Crippen LogP contribution in [0.3, 0.4) is 0 Å². The zero-order valence-electron chi connectivity index (χ0n) is 19.8. The molecule has 0 spiro atoms. The van der Waals surface area contributed by atoms with Gasteiger partial charge >= 0.3 is 18.5 Å². The van der Waals surface area contributed by atoms with Gasteiger partial charge in [-0.05, 0) is 30.3 Å². The van der Waals surface area contributed by atoms with Crippen LogP contribution in [0.5, 0.6) is 0 Å². The number of morpholine rings is 1. The molecule has 2 aromatic rings. The van der Waals surface area contributed by atoms with Crippen molar-refractivity contribution < 1.29 is 54.6 Å². The van der Waals surface area contributed by atoms with Gasteiger partial charge in [0.2, 0.25) is 5.91 Å². The molecule has 0 saturated carbocycles. The molecule has 2 heterocycles. The lowest BCUT2D eigenvalue weighted by Crippen LogP contribution is -2.56. The smallest absolute Gasteiger partial charge is 0.370 e. The SMILES string of the molecule is O=C(NC[C@H](NC(=O)C(F)(F)C(F)F)C(=O)Nc1ccc(N2CCOCC2=O)c(C(F)(F)F)c1)c1ccc(Cl)s1. The number of carbonyl (C=O) groups is 4. The number of rotatable bonds is 9. The predicted molar refractivity (Wildman–Crippen MR) is 128 cm³/mol. The van der Waals surface area contributed by atoms with Gasteiger partial charge in [0, 0.05) is 18.8 Å². The number of anilines is 2. The first kappa shape index (κ1) is 31.1. The van der Waals surface area contributed by atoms with E-state index in [1.165, 1.54) is 17.4 Å². The van der Waals surface area contributed by atoms with Crippen molar-refractivity contribution in [2.75, 3.05) is 36.5 Å². The zero-order valence-corrected chi connectivity index (χ0v) is 21.4. The van der Waals surface area contributed by atoms with Crippen LogP contribution in [0.2, 0.25) is 4.34 Å². The molecular weight excluding hydrogens is 601 g/mol. The Bertz CT molecular complexity index is 1290. The number of hydrogen-bond donors (Lipinski definition) is 3. The van der Waals surface area contributed by atoms with E-state index in [9.17, 15) is 49.9 Å². The molecule has 1 aromatic carbocycles. The molecule has 1 aliphatic rings. The molecule has 1 atom stereocenters. The van der Waals surface area contributed by atoms with E-state index in [1.54, 1.807) is 0 Å². The van der Waals surface area contributed by atoms with E-state index in [-0.39, 0.29) is 22.4 Å². The van der Waals surface area contributed by atoms with Gasteiger partial charge in [-0.3, -0.25) is 19.2 Å². The fourth-order valence-electron chi connectivity index (χ4n) is 3.36. The van der Waals surface area contributed by atoms with Crippen molar-refractivity contribution in [3.63, 3.8) is 0 Å². The van der Waals surface area contributed by atoms with Crippen molar-refractivity contribution in [3.8, 4) is 0 Å². The van der Waals surface area contributed by atoms with Gasteiger partial charge in [0.25, 0.3) is 17.7 Å². The third-order valence-corrected chi connectivity index (χ3v) is 6.54. The maximum absolute atomic E-state index is 13.8. The average molecular weight is 619 g/mol. The number of amides is 4. The lowest BCUT2D eigenvalue weighted by molar-refractivity contribution is -0.170. The molecule has 9 nitrogen and oxygen atoms in total. The second-order valence-corrected chi connectivity index (χ2v) is 9.80. The van der Waals surface area contributed by atoms with Crippen LogP contribution in [0.4, 0.5) is 42.1 Å². The van der Waals surface area contributed by atoms with Crippen LogP contribution in [0.15, 0.2) is 30.3 Å². The third-order valence-electron chi connectivity index (χ3n) is 5.31. The second kappa shape index (κ2) is 12.4. The van der Waals surface area contributed by atoms with Gasteiger partial charge in [0.05, 0.1) is 27.1 Å². The Labute approximate surface area is 229 Å². The molecule has 0 unspecified atom stereocenters. The minimum Gasteiger partial charge on any atom is -0.370 e. The number of thiophene rings is 1. The predicted octanol–water partition coefficient (Wildman–Crippen LogP) is 3.54. The maximum atomic E-state index is 13.8. The van der Waals surface area contributed by atoms with E-state index in [4.69, 9.17) is 16.3 Å². The van der Waals surface area contributed by atoms with E-state index < -0.39 is 78.3 Å². The Morgan fingerprint density at radius 3 is 2.38 bits per heavy atom. The number of benzene rings is 1. The standard InChI is InChI=1S/C22H18ClF7N4O5S/c23-15-4-3-14(40-15)18(37)31-8-12(33-20(38)21(26,27)19(24)25)17(36)32-10-1-2-13(11(7-10)22(28,29)30)34-5-6-39-9-16(34)35/h1-4,7,12,19H,5-6,8-9H2,(H,31,37)(H,32,36)(H,33,38)/t12-/m0/s1. The molecule has 0 bridgehead atoms. The third kappa shape index (κ3) is 7.39. The molecule has 3 rings (SSSR count). The summed E-state index contributed by atoms with van der Waals surface area (Å²) < 4.78 is 98.9. The van der Waals surface area contributed by atoms with Crippen LogP contribution in [0.1, 0.15) is 15.2 Å². The number of nitrogens with zero attached hydrogens (tertiary/aromatic N) is 1. The lowest BCUT2D eigenvalue weighted by atomic mass is 10.1. The Morgan fingerprint density at radius 1 is 1.10 bits per heavy atom. The number of carbonyl (C=O) groups excluding carboxylic acids is 4. The summed E-state index contributed by atoms with van der Waals surface area (Å²) >= 11 is 6.53. The molecule has 1 saturated heterocycles. The molecule has 1 aliphatic heterocycles. The highest BCUT2D eigenvalue weighted by atomic mass is 35.5. The molecule has 3 N–H and O–H groups in total. The number of alkyl halides is 7. The summed E-state index contributed by atoms with van der Waals surface area (Å²) in [6.45, 7) is -1.59. The van der Waals surface area contributed by atoms with Crippen LogP contribution in [-0.2, 0) is 25.3 Å². The highest BCUT2D eigenvalue weighted by molar-refractivity contribution is 7.18. The molecule has 1 aromatic heterocycles. The molecule has 0 radical (unpaired) electrons. The van der Waals surface area contributed by atoms with Gasteiger partial charge in [0.15, 0.2) is 0 Å². The number of ether oxygens (including phenoxy) is 1. The van der Waals surface area contributed by atoms with Crippen molar-refractivity contribution in [2.24, 2.45) is 0 Å². The minimum atomic E-state index is -5.22. The summed E-state index contributed by atoms with van der Waals surface area (Å²) in [5.74, 6) is -10.8. The van der Waals surface area contributed by atoms with E-state index in [1.807, 2.05) is 5.32 Å². The van der Waals surface area contributed by atoms with Crippen LogP contribution < -0.4 is 20.9 Å². The average Bonchev–Trinajstić information content (AvgIpc) is 3.32. The zero-order chi connectivity index (χ0) is 29.8. The van der Waals surface area contributed by atoms with Gasteiger partial charge in [-0.1, -0.05) is 11.6 Å². The largest absolute Gasteiger partial charge is 0.418 e. The van der Waals surface area contributed by atoms with E-state index in [2.05, 4.69) is 5.32 Å². The highest BCUT2D eigenvalue weighted by Crippen LogP contribution is 2.39. The summed E-state index contributed by atoms with van der Waals surface area (Å²) in [6.07, 6.45) is -9.46. The maximum Gasteiger partial charge on any atom is 0.418 e. The van der Waals surface area contributed by atoms with Crippen LogP contribution in [0, 0.1) is 0 Å². The van der Waals surface area contributed by atoms with Crippen LogP contribution in [-0.4, -0.2) is 68.3 Å². The van der Waals surface area contributed by atoms with E-state index in [0.717, 1.165) is 28.4 Å². The summed E-state index contributed by atoms with van der Waals surface area (Å²) in [7, 11) is 0. The minimum absolute atomic E-state index is 0.0106. The second-order valence-electron chi connectivity index (χ2n) is 8.08. The van der Waals surface area contributed by atoms with Crippen molar-refractivity contribution >= 4 is 57.9 Å². The van der Waals surface area contributed by atoms with Gasteiger partial charge < -0.3 is 25.6 Å². The lowest BCUT2D eigenvalue weighted by Gasteiger charge is -2.29. The van der Waals surface area contributed by atoms with Crippen molar-refractivity contribution in [2.45, 2.75) is 24.6 Å². The van der Waals surface area contributed by atoms with Gasteiger partial charge in [-0.15, -0.1) is 11.3 Å². The summed E-state index contributed by atoms with van der Waals surface area (Å²) in [4.78, 5) is 49.8. The van der Waals surface area contributed by atoms with Crippen molar-refractivity contribution in [1.82, 2.24) is 10.6 Å².